The van der Waals surface area contributed by atoms with Gasteiger partial charge in [0.25, 0.3) is 5.91 Å². The number of carbonyl (C=O) groups is 2. The van der Waals surface area contributed by atoms with Gasteiger partial charge in [-0.15, -0.1) is 11.3 Å². The average Bonchev–Trinajstić information content (AvgIpc) is 3.27. The third-order valence-electron chi connectivity index (χ3n) is 4.27. The minimum Gasteiger partial charge on any atom is -0.443 e. The third kappa shape index (κ3) is 4.03. The molecule has 1 amide bonds. The summed E-state index contributed by atoms with van der Waals surface area (Å²) < 4.78 is 5.55. The first-order valence-electron chi connectivity index (χ1n) is 8.25. The van der Waals surface area contributed by atoms with Gasteiger partial charge in [-0.2, -0.15) is 0 Å². The van der Waals surface area contributed by atoms with E-state index in [0.717, 1.165) is 31.2 Å². The second-order valence-corrected chi connectivity index (χ2v) is 7.11. The van der Waals surface area contributed by atoms with Crippen LogP contribution in [0, 0.1) is 6.92 Å². The van der Waals surface area contributed by atoms with E-state index >= 15 is 0 Å². The van der Waals surface area contributed by atoms with E-state index in [2.05, 4.69) is 5.32 Å². The number of benzene rings is 1. The van der Waals surface area contributed by atoms with Crippen LogP contribution in [0.4, 0.5) is 0 Å². The van der Waals surface area contributed by atoms with Crippen LogP contribution in [0.15, 0.2) is 41.8 Å². The first-order chi connectivity index (χ1) is 11.6. The number of thiophene rings is 1. The van der Waals surface area contributed by atoms with Crippen molar-refractivity contribution in [2.45, 2.75) is 44.8 Å². The number of rotatable bonds is 5. The van der Waals surface area contributed by atoms with E-state index in [0.29, 0.717) is 10.4 Å². The molecule has 1 saturated carbocycles. The Morgan fingerprint density at radius 2 is 1.88 bits per heavy atom. The monoisotopic (exact) mass is 343 g/mol. The average molecular weight is 343 g/mol. The molecule has 0 unspecified atom stereocenters. The van der Waals surface area contributed by atoms with Crippen molar-refractivity contribution in [3.8, 4) is 0 Å². The summed E-state index contributed by atoms with van der Waals surface area (Å²) in [6.45, 7) is 1.98. The van der Waals surface area contributed by atoms with Crippen LogP contribution >= 0.6 is 11.3 Å². The van der Waals surface area contributed by atoms with Gasteiger partial charge in [0.2, 0.25) is 6.10 Å². The molecule has 5 heteroatoms. The highest BCUT2D eigenvalue weighted by Crippen LogP contribution is 2.24. The molecular formula is C19H21NO3S. The fourth-order valence-electron chi connectivity index (χ4n) is 2.92. The molecule has 2 aromatic rings. The van der Waals surface area contributed by atoms with E-state index in [4.69, 9.17) is 4.74 Å². The zero-order valence-corrected chi connectivity index (χ0v) is 14.5. The van der Waals surface area contributed by atoms with Gasteiger partial charge in [-0.1, -0.05) is 48.7 Å². The molecule has 1 aliphatic rings. The molecule has 0 spiro atoms. The molecule has 0 saturated heterocycles. The van der Waals surface area contributed by atoms with Gasteiger partial charge in [0.05, 0.1) is 0 Å². The lowest BCUT2D eigenvalue weighted by molar-refractivity contribution is -0.131. The molecule has 1 N–H and O–H groups in total. The number of hydrogen-bond acceptors (Lipinski definition) is 4. The van der Waals surface area contributed by atoms with Crippen molar-refractivity contribution >= 4 is 23.2 Å². The van der Waals surface area contributed by atoms with Gasteiger partial charge >= 0.3 is 5.97 Å². The van der Waals surface area contributed by atoms with Crippen molar-refractivity contribution in [3.63, 3.8) is 0 Å². The standard InChI is InChI=1S/C19H21NO3S/c1-13-8-10-14(11-9-13)17(18(21)20-15-5-2-3-6-15)23-19(22)16-7-4-12-24-16/h4,7-12,15,17H,2-3,5-6H2,1H3,(H,20,21)/t17-/m1/s1. The van der Waals surface area contributed by atoms with Crippen molar-refractivity contribution in [2.75, 3.05) is 0 Å². The minimum atomic E-state index is -0.916. The van der Waals surface area contributed by atoms with Gasteiger partial charge in [0.1, 0.15) is 4.88 Å². The molecule has 0 radical (unpaired) electrons. The highest BCUT2D eigenvalue weighted by molar-refractivity contribution is 7.11. The van der Waals surface area contributed by atoms with Gasteiger partial charge in [0, 0.05) is 11.6 Å². The van der Waals surface area contributed by atoms with E-state index in [1.54, 1.807) is 12.1 Å². The molecule has 4 nitrogen and oxygen atoms in total. The van der Waals surface area contributed by atoms with Crippen molar-refractivity contribution in [2.24, 2.45) is 0 Å². The zero-order chi connectivity index (χ0) is 16.9. The lowest BCUT2D eigenvalue weighted by Gasteiger charge is -2.20. The van der Waals surface area contributed by atoms with E-state index in [-0.39, 0.29) is 11.9 Å². The Morgan fingerprint density at radius 1 is 1.17 bits per heavy atom. The molecular weight excluding hydrogens is 322 g/mol. The number of aryl methyl sites for hydroxylation is 1. The van der Waals surface area contributed by atoms with Crippen molar-refractivity contribution < 1.29 is 14.3 Å². The largest absolute Gasteiger partial charge is 0.443 e. The Hall–Kier alpha value is -2.14. The number of carbonyl (C=O) groups excluding carboxylic acids is 2. The second kappa shape index (κ2) is 7.62. The molecule has 126 valence electrons. The Labute approximate surface area is 145 Å². The Morgan fingerprint density at radius 3 is 2.50 bits per heavy atom. The van der Waals surface area contributed by atoms with Gasteiger partial charge in [-0.3, -0.25) is 4.79 Å². The molecule has 24 heavy (non-hydrogen) atoms. The predicted octanol–water partition coefficient (Wildman–Crippen LogP) is 4.01. The Bertz CT molecular complexity index is 688. The summed E-state index contributed by atoms with van der Waals surface area (Å²) in [4.78, 5) is 25.5. The lowest BCUT2D eigenvalue weighted by Crippen LogP contribution is -2.38. The summed E-state index contributed by atoms with van der Waals surface area (Å²) in [6, 6.07) is 11.2. The highest BCUT2D eigenvalue weighted by Gasteiger charge is 2.28. The maximum Gasteiger partial charge on any atom is 0.349 e. The number of hydrogen-bond donors (Lipinski definition) is 1. The molecule has 1 fully saturated rings. The van der Waals surface area contributed by atoms with Crippen LogP contribution in [0.3, 0.4) is 0 Å². The lowest BCUT2D eigenvalue weighted by atomic mass is 10.1. The molecule has 0 aliphatic heterocycles. The summed E-state index contributed by atoms with van der Waals surface area (Å²) in [6.07, 6.45) is 3.33. The molecule has 1 aromatic heterocycles. The first kappa shape index (κ1) is 16.7. The minimum absolute atomic E-state index is 0.186. The van der Waals surface area contributed by atoms with Crippen LogP contribution in [0.25, 0.3) is 0 Å². The zero-order valence-electron chi connectivity index (χ0n) is 13.7. The normalized spacial score (nSPS) is 15.9. The molecule has 1 aromatic carbocycles. The van der Waals surface area contributed by atoms with E-state index in [1.165, 1.54) is 11.3 Å². The summed E-state index contributed by atoms with van der Waals surface area (Å²) in [5, 5.41) is 4.85. The maximum atomic E-state index is 12.7. The van der Waals surface area contributed by atoms with Gasteiger partial charge in [0.15, 0.2) is 0 Å². The molecule has 1 heterocycles. The Balaban J connectivity index is 1.78. The first-order valence-corrected chi connectivity index (χ1v) is 9.13. The molecule has 0 bridgehead atoms. The number of ether oxygens (including phenoxy) is 1. The quantitative estimate of drug-likeness (QED) is 0.835. The maximum absolute atomic E-state index is 12.7. The summed E-state index contributed by atoms with van der Waals surface area (Å²) in [7, 11) is 0. The topological polar surface area (TPSA) is 55.4 Å². The number of esters is 1. The summed E-state index contributed by atoms with van der Waals surface area (Å²) in [5.41, 5.74) is 1.79. The second-order valence-electron chi connectivity index (χ2n) is 6.16. The van der Waals surface area contributed by atoms with Gasteiger partial charge < -0.3 is 10.1 Å². The van der Waals surface area contributed by atoms with Crippen LogP contribution in [0.5, 0.6) is 0 Å². The Kier molecular flexibility index (Phi) is 5.30. The molecule has 3 rings (SSSR count). The van der Waals surface area contributed by atoms with Gasteiger partial charge in [-0.25, -0.2) is 4.79 Å². The summed E-state index contributed by atoms with van der Waals surface area (Å²) in [5.74, 6) is -0.701. The molecule has 1 atom stereocenters. The number of amides is 1. The van der Waals surface area contributed by atoms with Crippen LogP contribution in [-0.4, -0.2) is 17.9 Å². The van der Waals surface area contributed by atoms with Crippen LogP contribution in [0.2, 0.25) is 0 Å². The fraction of sp³-hybridized carbons (Fsp3) is 0.368. The SMILES string of the molecule is Cc1ccc([C@@H](OC(=O)c2cccs2)C(=O)NC2CCCC2)cc1. The van der Waals surface area contributed by atoms with Crippen molar-refractivity contribution in [3.05, 3.63) is 57.8 Å². The van der Waals surface area contributed by atoms with E-state index < -0.39 is 12.1 Å². The van der Waals surface area contributed by atoms with Crippen molar-refractivity contribution in [1.29, 1.82) is 0 Å². The number of nitrogens with one attached hydrogen (secondary N) is 1. The third-order valence-corrected chi connectivity index (χ3v) is 5.12. The van der Waals surface area contributed by atoms with Crippen LogP contribution in [-0.2, 0) is 9.53 Å². The van der Waals surface area contributed by atoms with E-state index in [1.807, 2.05) is 36.6 Å². The van der Waals surface area contributed by atoms with Crippen LogP contribution < -0.4 is 5.32 Å². The summed E-state index contributed by atoms with van der Waals surface area (Å²) >= 11 is 1.31. The smallest absolute Gasteiger partial charge is 0.349 e. The van der Waals surface area contributed by atoms with Crippen LogP contribution in [0.1, 0.15) is 52.6 Å². The predicted molar refractivity (Wildman–Crippen MR) is 94.1 cm³/mol. The highest BCUT2D eigenvalue weighted by atomic mass is 32.1. The van der Waals surface area contributed by atoms with Crippen molar-refractivity contribution in [1.82, 2.24) is 5.32 Å². The van der Waals surface area contributed by atoms with Gasteiger partial charge in [-0.05, 0) is 31.2 Å². The fourth-order valence-corrected chi connectivity index (χ4v) is 3.53. The van der Waals surface area contributed by atoms with E-state index in [9.17, 15) is 9.59 Å². The molecule has 1 aliphatic carbocycles.